The van der Waals surface area contributed by atoms with Crippen molar-refractivity contribution in [1.82, 2.24) is 0 Å². The number of hydrogen-bond donors (Lipinski definition) is 0. The Morgan fingerprint density at radius 3 is 0.357 bits per heavy atom. The van der Waals surface area contributed by atoms with Gasteiger partial charge < -0.3 is 54.8 Å². The van der Waals surface area contributed by atoms with E-state index in [1.807, 2.05) is 0 Å². The van der Waals surface area contributed by atoms with Crippen LogP contribution in [0.25, 0.3) is 0 Å². The SMILES string of the molecule is [Co+2].[Mg+2].[Ni+2].[OH-].[OH-].[OH-].[OH-].[OH-].[OH-].[OH-].[OH-].[OH-].[OH-].[W+4]. The largest absolute Gasteiger partial charge is 4.00 e. The fourth-order valence-electron chi connectivity index (χ4n) is 0. The van der Waals surface area contributed by atoms with E-state index in [2.05, 4.69) is 0 Å². The molecule has 0 heterocycles. The van der Waals surface area contributed by atoms with Crippen molar-refractivity contribution in [1.29, 1.82) is 0 Å². The molecule has 0 rings (SSSR count). The Bertz CT molecular complexity index is 20.1. The molecule has 10 nitrogen and oxygen atoms in total. The van der Waals surface area contributed by atoms with Gasteiger partial charge in [-0.3, -0.25) is 0 Å². The van der Waals surface area contributed by atoms with E-state index in [4.69, 9.17) is 0 Å². The summed E-state index contributed by atoms with van der Waals surface area (Å²) in [5, 5.41) is 0. The summed E-state index contributed by atoms with van der Waals surface area (Å²) in [6, 6.07) is 0. The van der Waals surface area contributed by atoms with Crippen LogP contribution in [0.5, 0.6) is 0 Å². The van der Waals surface area contributed by atoms with Gasteiger partial charge in [-0.25, -0.2) is 0 Å². The molecule has 0 aliphatic rings. The van der Waals surface area contributed by atoms with Crippen LogP contribution in [0.2, 0.25) is 0 Å². The molecule has 1 radical (unpaired) electrons. The van der Waals surface area contributed by atoms with Gasteiger partial charge in [0.2, 0.25) is 0 Å². The minimum atomic E-state index is 0. The number of rotatable bonds is 0. The summed E-state index contributed by atoms with van der Waals surface area (Å²) in [5.41, 5.74) is 0. The molecular weight excluding hydrogens is 486 g/mol. The van der Waals surface area contributed by atoms with Crippen molar-refractivity contribution in [2.45, 2.75) is 0 Å². The summed E-state index contributed by atoms with van der Waals surface area (Å²) in [7, 11) is 0. The van der Waals surface area contributed by atoms with E-state index in [1.54, 1.807) is 0 Å². The third-order valence-corrected chi connectivity index (χ3v) is 0. The standard InChI is InChI=1S/Co.Mg.Ni.10H2O.W/h;;;10*1H2;/q3*+2;;;;;;;;;;;+4/p-10. The third-order valence-electron chi connectivity index (χ3n) is 0. The Hall–Kier alpha value is 2.05. The molecule has 0 fully saturated rings. The van der Waals surface area contributed by atoms with Gasteiger partial charge >= 0.3 is 77.4 Å². The zero-order valence-electron chi connectivity index (χ0n) is 6.24. The fraction of sp³-hybridized carbons (Fsp3) is 0. The topological polar surface area (TPSA) is 300 Å². The van der Waals surface area contributed by atoms with Crippen LogP contribution in [0.3, 0.4) is 0 Å². The van der Waals surface area contributed by atoms with Crippen molar-refractivity contribution in [2.24, 2.45) is 0 Å². The van der Waals surface area contributed by atoms with Gasteiger partial charge in [0, 0.05) is 0 Å². The van der Waals surface area contributed by atoms with Gasteiger partial charge in [0.15, 0.2) is 0 Å². The normalized spacial score (nSPS) is 0. The molecule has 0 aromatic heterocycles. The van der Waals surface area contributed by atoms with Crippen molar-refractivity contribution in [2.75, 3.05) is 0 Å². The zero-order chi connectivity index (χ0) is 0. The van der Waals surface area contributed by atoms with Crippen LogP contribution in [0.15, 0.2) is 0 Å². The minimum Gasteiger partial charge on any atom is -0.870 e. The first-order valence-electron chi connectivity index (χ1n) is 0. The molecule has 0 spiro atoms. The quantitative estimate of drug-likeness (QED) is 0.327. The third kappa shape index (κ3) is 567. The van der Waals surface area contributed by atoms with Gasteiger partial charge in [0.05, 0.1) is 0 Å². The van der Waals surface area contributed by atoms with Crippen molar-refractivity contribution >= 4 is 23.1 Å². The van der Waals surface area contributed by atoms with E-state index in [1.165, 1.54) is 0 Å². The van der Waals surface area contributed by atoms with Crippen LogP contribution in [0.1, 0.15) is 0 Å². The van der Waals surface area contributed by atoms with Crippen molar-refractivity contribution in [3.8, 4) is 0 Å². The second-order valence-corrected chi connectivity index (χ2v) is 0. The molecule has 0 saturated heterocycles. The van der Waals surface area contributed by atoms with Crippen LogP contribution < -0.4 is 0 Å². The summed E-state index contributed by atoms with van der Waals surface area (Å²) in [5.74, 6) is 0. The Kier molecular flexibility index (Phi) is 43400. The average Bonchev–Trinajstić information content (AvgIpc) is 0. The molecule has 0 aromatic carbocycles. The molecule has 0 bridgehead atoms. The Morgan fingerprint density at radius 1 is 0.357 bits per heavy atom. The number of hydrogen-bond acceptors (Lipinski definition) is 10. The van der Waals surface area contributed by atoms with Crippen LogP contribution in [0.4, 0.5) is 0 Å². The van der Waals surface area contributed by atoms with Crippen LogP contribution >= 0.6 is 0 Å². The molecular formula is H10CoMgNiO10W. The smallest absolute Gasteiger partial charge is 0.870 e. The van der Waals surface area contributed by atoms with E-state index in [9.17, 15) is 0 Å². The summed E-state index contributed by atoms with van der Waals surface area (Å²) >= 11 is 0. The van der Waals surface area contributed by atoms with Crippen LogP contribution in [-0.2, 0) is 54.3 Å². The van der Waals surface area contributed by atoms with Gasteiger partial charge in [0.1, 0.15) is 0 Å². The second kappa shape index (κ2) is 704. The second-order valence-electron chi connectivity index (χ2n) is 0. The Labute approximate surface area is 131 Å². The van der Waals surface area contributed by atoms with Gasteiger partial charge in [-0.1, -0.05) is 0 Å². The van der Waals surface area contributed by atoms with E-state index in [-0.39, 0.29) is 132 Å². The van der Waals surface area contributed by atoms with E-state index >= 15 is 0 Å². The summed E-state index contributed by atoms with van der Waals surface area (Å²) in [4.78, 5) is 0. The minimum absolute atomic E-state index is 0. The molecule has 14 heteroatoms. The first-order chi connectivity index (χ1) is 0. The molecule has 0 aromatic rings. The molecule has 14 heavy (non-hydrogen) atoms. The maximum atomic E-state index is 0. The van der Waals surface area contributed by atoms with Gasteiger partial charge in [-0.15, -0.1) is 0 Å². The van der Waals surface area contributed by atoms with Gasteiger partial charge in [-0.2, -0.15) is 0 Å². The Morgan fingerprint density at radius 2 is 0.357 bits per heavy atom. The van der Waals surface area contributed by atoms with E-state index in [0.717, 1.165) is 0 Å². The summed E-state index contributed by atoms with van der Waals surface area (Å²) < 4.78 is 0. The molecule has 0 atom stereocenters. The van der Waals surface area contributed by atoms with Crippen LogP contribution in [0, 0.1) is 0 Å². The maximum Gasteiger partial charge on any atom is 4.00 e. The predicted molar refractivity (Wildman–Crippen MR) is 25.1 cm³/mol. The van der Waals surface area contributed by atoms with E-state index < -0.39 is 0 Å². The van der Waals surface area contributed by atoms with E-state index in [0.29, 0.717) is 0 Å². The molecule has 0 unspecified atom stereocenters. The predicted octanol–water partition coefficient (Wildman–Crippen LogP) is -2.16. The maximum absolute atomic E-state index is 0. The zero-order valence-corrected chi connectivity index (χ0v) is 12.6. The van der Waals surface area contributed by atoms with Gasteiger partial charge in [-0.05, 0) is 0 Å². The van der Waals surface area contributed by atoms with Crippen molar-refractivity contribution < 1.29 is 109 Å². The monoisotopic (exact) mass is 495 g/mol. The molecule has 0 aliphatic heterocycles. The molecule has 0 aliphatic carbocycles. The summed E-state index contributed by atoms with van der Waals surface area (Å²) in [6.45, 7) is 0. The first-order valence-corrected chi connectivity index (χ1v) is 0. The summed E-state index contributed by atoms with van der Waals surface area (Å²) in [6.07, 6.45) is 0. The Balaban J connectivity index is 0. The molecule has 10 N–H and O–H groups in total. The molecule has 0 saturated carbocycles. The molecule has 0 amide bonds. The van der Waals surface area contributed by atoms with Crippen LogP contribution in [-0.4, -0.2) is 77.8 Å². The van der Waals surface area contributed by atoms with Crippen molar-refractivity contribution in [3.63, 3.8) is 0 Å². The average molecular weight is 496 g/mol. The van der Waals surface area contributed by atoms with Crippen molar-refractivity contribution in [3.05, 3.63) is 0 Å². The molecule has 97 valence electrons. The van der Waals surface area contributed by atoms with Gasteiger partial charge in [0.25, 0.3) is 0 Å². The fourth-order valence-corrected chi connectivity index (χ4v) is 0. The first kappa shape index (κ1) is 862.